The molecule has 16 heavy (non-hydrogen) atoms. The third-order valence-electron chi connectivity index (χ3n) is 3.19. The second kappa shape index (κ2) is 2.67. The number of fused-ring (bicyclic) bond motifs is 5. The Morgan fingerprint density at radius 1 is 0.875 bits per heavy atom. The maximum atomic E-state index is 4.09. The summed E-state index contributed by atoms with van der Waals surface area (Å²) in [5.74, 6) is 0. The van der Waals surface area contributed by atoms with E-state index in [0.717, 1.165) is 10.9 Å². The summed E-state index contributed by atoms with van der Waals surface area (Å²) >= 11 is 0. The van der Waals surface area contributed by atoms with Gasteiger partial charge in [-0.15, -0.1) is 0 Å². The Labute approximate surface area is 91.9 Å². The van der Waals surface area contributed by atoms with Crippen LogP contribution >= 0.6 is 0 Å². The zero-order valence-corrected chi connectivity index (χ0v) is 8.51. The molecule has 0 atom stereocenters. The van der Waals surface area contributed by atoms with E-state index in [9.17, 15) is 0 Å². The van der Waals surface area contributed by atoms with Crippen molar-refractivity contribution in [2.24, 2.45) is 10.2 Å². The predicted molar refractivity (Wildman–Crippen MR) is 65.7 cm³/mol. The van der Waals surface area contributed by atoms with Gasteiger partial charge in [-0.3, -0.25) is 0 Å². The molecule has 2 nitrogen and oxygen atoms in total. The molecule has 0 saturated carbocycles. The van der Waals surface area contributed by atoms with Crippen molar-refractivity contribution in [3.05, 3.63) is 46.3 Å². The van der Waals surface area contributed by atoms with Crippen LogP contribution in [0.3, 0.4) is 0 Å². The minimum Gasteiger partial charge on any atom is -0.158 e. The zero-order chi connectivity index (χ0) is 10.5. The summed E-state index contributed by atoms with van der Waals surface area (Å²) in [5.41, 5.74) is 2.26. The van der Waals surface area contributed by atoms with Crippen molar-refractivity contribution >= 4 is 34.8 Å². The van der Waals surface area contributed by atoms with E-state index < -0.39 is 0 Å². The fourth-order valence-corrected chi connectivity index (χ4v) is 2.41. The second-order valence-corrected chi connectivity index (χ2v) is 4.03. The average Bonchev–Trinajstić information content (AvgIpc) is 2.96. The molecule has 0 saturated heterocycles. The van der Waals surface area contributed by atoms with Crippen molar-refractivity contribution < 1.29 is 0 Å². The highest BCUT2D eigenvalue weighted by atomic mass is 15.1. The van der Waals surface area contributed by atoms with Crippen LogP contribution in [0.5, 0.6) is 0 Å². The topological polar surface area (TPSA) is 24.7 Å². The molecule has 1 aliphatic heterocycles. The van der Waals surface area contributed by atoms with Crippen molar-refractivity contribution in [3.63, 3.8) is 0 Å². The number of hydrogen-bond donors (Lipinski definition) is 0. The maximum absolute atomic E-state index is 4.09. The van der Waals surface area contributed by atoms with E-state index in [1.54, 1.807) is 0 Å². The molecule has 0 aromatic heterocycles. The van der Waals surface area contributed by atoms with Gasteiger partial charge in [0.05, 0.1) is 11.9 Å². The van der Waals surface area contributed by atoms with Crippen molar-refractivity contribution in [1.29, 1.82) is 0 Å². The normalized spacial score (nSPS) is 14.8. The molecule has 74 valence electrons. The molecule has 0 spiro atoms. The van der Waals surface area contributed by atoms with Crippen LogP contribution in [-0.4, -0.2) is 0 Å². The SMILES string of the molecule is C1=Cc2ccc3c4c(ccc3c2=C1)N=NC=4. The Hall–Kier alpha value is -2.22. The first-order valence-corrected chi connectivity index (χ1v) is 5.29. The van der Waals surface area contributed by atoms with Crippen molar-refractivity contribution in [1.82, 2.24) is 0 Å². The standard InChI is InChI=1S/C14H8N2/c1-2-9-4-5-12-11(10(9)3-1)6-7-14-13(12)8-15-16-14/h1-8H. The molecule has 2 aromatic carbocycles. The average molecular weight is 204 g/mol. The molecule has 1 heterocycles. The number of rotatable bonds is 0. The lowest BCUT2D eigenvalue weighted by atomic mass is 10.0. The van der Waals surface area contributed by atoms with E-state index in [-0.39, 0.29) is 0 Å². The fraction of sp³-hybridized carbons (Fsp3) is 0. The number of hydrogen-bond acceptors (Lipinski definition) is 2. The summed E-state index contributed by atoms with van der Waals surface area (Å²) < 4.78 is 0. The quantitative estimate of drug-likeness (QED) is 0.630. The van der Waals surface area contributed by atoms with Gasteiger partial charge in [0, 0.05) is 5.22 Å². The lowest BCUT2D eigenvalue weighted by Crippen LogP contribution is -2.09. The lowest BCUT2D eigenvalue weighted by molar-refractivity contribution is 1.33. The number of allylic oxidation sites excluding steroid dienone is 1. The van der Waals surface area contributed by atoms with E-state index in [0.29, 0.717) is 0 Å². The van der Waals surface area contributed by atoms with Gasteiger partial charge >= 0.3 is 0 Å². The fourth-order valence-electron chi connectivity index (χ4n) is 2.41. The molecule has 2 aliphatic rings. The van der Waals surface area contributed by atoms with Gasteiger partial charge in [0.2, 0.25) is 0 Å². The molecular formula is C14H8N2. The Bertz CT molecular complexity index is 726. The minimum absolute atomic E-state index is 0.971. The second-order valence-electron chi connectivity index (χ2n) is 4.03. The van der Waals surface area contributed by atoms with Gasteiger partial charge in [0.25, 0.3) is 0 Å². The van der Waals surface area contributed by atoms with Crippen molar-refractivity contribution in [3.8, 4) is 0 Å². The van der Waals surface area contributed by atoms with Crippen LogP contribution in [0, 0.1) is 0 Å². The monoisotopic (exact) mass is 204 g/mol. The summed E-state index contributed by atoms with van der Waals surface area (Å²) in [4.78, 5) is 0. The highest BCUT2D eigenvalue weighted by Gasteiger charge is 2.07. The van der Waals surface area contributed by atoms with Gasteiger partial charge in [0.1, 0.15) is 0 Å². The minimum atomic E-state index is 0.971. The molecule has 0 radical (unpaired) electrons. The van der Waals surface area contributed by atoms with Crippen molar-refractivity contribution in [2.75, 3.05) is 0 Å². The summed E-state index contributed by atoms with van der Waals surface area (Å²) in [7, 11) is 0. The van der Waals surface area contributed by atoms with Crippen LogP contribution in [0.25, 0.3) is 29.1 Å². The molecule has 2 aromatic rings. The Morgan fingerprint density at radius 2 is 1.75 bits per heavy atom. The van der Waals surface area contributed by atoms with Crippen LogP contribution in [0.1, 0.15) is 5.56 Å². The number of nitrogens with zero attached hydrogens (tertiary/aromatic N) is 2. The molecule has 1 aliphatic carbocycles. The van der Waals surface area contributed by atoms with Gasteiger partial charge in [-0.1, -0.05) is 36.4 Å². The summed E-state index contributed by atoms with van der Waals surface area (Å²) in [6.45, 7) is 0. The molecule has 0 bridgehead atoms. The smallest absolute Gasteiger partial charge is 0.0951 e. The highest BCUT2D eigenvalue weighted by Crippen LogP contribution is 2.18. The van der Waals surface area contributed by atoms with E-state index in [1.165, 1.54) is 21.6 Å². The zero-order valence-electron chi connectivity index (χ0n) is 8.51. The van der Waals surface area contributed by atoms with Crippen LogP contribution in [0.4, 0.5) is 5.69 Å². The maximum Gasteiger partial charge on any atom is 0.0951 e. The third kappa shape index (κ3) is 0.865. The van der Waals surface area contributed by atoms with Gasteiger partial charge in [-0.05, 0) is 27.6 Å². The van der Waals surface area contributed by atoms with Crippen LogP contribution in [-0.2, 0) is 0 Å². The first-order chi connectivity index (χ1) is 7.93. The highest BCUT2D eigenvalue weighted by molar-refractivity contribution is 5.92. The summed E-state index contributed by atoms with van der Waals surface area (Å²) in [6.07, 6.45) is 8.23. The van der Waals surface area contributed by atoms with E-state index in [4.69, 9.17) is 0 Å². The van der Waals surface area contributed by atoms with Gasteiger partial charge in [-0.2, -0.15) is 10.2 Å². The van der Waals surface area contributed by atoms with E-state index >= 15 is 0 Å². The van der Waals surface area contributed by atoms with Crippen LogP contribution in [0.2, 0.25) is 0 Å². The van der Waals surface area contributed by atoms with Gasteiger partial charge in [0.15, 0.2) is 0 Å². The Balaban J connectivity index is 2.31. The molecule has 0 fully saturated rings. The van der Waals surface area contributed by atoms with E-state index in [1.807, 2.05) is 12.3 Å². The molecule has 2 heteroatoms. The number of benzene rings is 2. The molecular weight excluding hydrogens is 196 g/mol. The largest absolute Gasteiger partial charge is 0.158 e. The Kier molecular flexibility index (Phi) is 1.33. The molecule has 0 unspecified atom stereocenters. The molecule has 4 rings (SSSR count). The van der Waals surface area contributed by atoms with Crippen LogP contribution < -0.4 is 10.4 Å². The molecule has 0 amide bonds. The predicted octanol–water partition coefficient (Wildman–Crippen LogP) is 2.48. The van der Waals surface area contributed by atoms with Crippen molar-refractivity contribution in [2.45, 2.75) is 0 Å². The first-order valence-electron chi connectivity index (χ1n) is 5.29. The molecule has 0 N–H and O–H groups in total. The first kappa shape index (κ1) is 7.99. The third-order valence-corrected chi connectivity index (χ3v) is 3.19. The number of azo groups is 1. The van der Waals surface area contributed by atoms with Gasteiger partial charge in [-0.25, -0.2) is 0 Å². The summed E-state index contributed by atoms with van der Waals surface area (Å²) in [5, 5.41) is 13.0. The summed E-state index contributed by atoms with van der Waals surface area (Å²) in [6, 6.07) is 8.49. The van der Waals surface area contributed by atoms with Gasteiger partial charge < -0.3 is 0 Å². The Morgan fingerprint density at radius 3 is 2.75 bits per heavy atom. The van der Waals surface area contributed by atoms with Crippen LogP contribution in [0.15, 0.2) is 40.6 Å². The van der Waals surface area contributed by atoms with E-state index in [2.05, 4.69) is 46.7 Å². The lowest BCUT2D eigenvalue weighted by Gasteiger charge is -2.01.